The van der Waals surface area contributed by atoms with Gasteiger partial charge in [-0.25, -0.2) is 22.9 Å². The quantitative estimate of drug-likeness (QED) is 0.372. The summed E-state index contributed by atoms with van der Waals surface area (Å²) in [6, 6.07) is 13.8. The lowest BCUT2D eigenvalue weighted by Crippen LogP contribution is -2.39. The zero-order chi connectivity index (χ0) is 24.7. The molecule has 3 aromatic rings. The lowest BCUT2D eigenvalue weighted by atomic mass is 10.0. The molecule has 0 aliphatic carbocycles. The van der Waals surface area contributed by atoms with Gasteiger partial charge in [0.2, 0.25) is 0 Å². The van der Waals surface area contributed by atoms with Crippen LogP contribution in [0.3, 0.4) is 0 Å². The van der Waals surface area contributed by atoms with Gasteiger partial charge in [0.05, 0.1) is 4.90 Å². The summed E-state index contributed by atoms with van der Waals surface area (Å²) in [6.07, 6.45) is 5.83. The lowest BCUT2D eigenvalue weighted by molar-refractivity contribution is 0.246. The zero-order valence-corrected chi connectivity index (χ0v) is 21.7. The van der Waals surface area contributed by atoms with E-state index in [1.807, 2.05) is 37.4 Å². The number of urea groups is 1. The van der Waals surface area contributed by atoms with Crippen molar-refractivity contribution in [3.8, 4) is 11.1 Å². The maximum atomic E-state index is 12.9. The molecule has 1 heterocycles. The summed E-state index contributed by atoms with van der Waals surface area (Å²) in [5.41, 5.74) is 2.39. The summed E-state index contributed by atoms with van der Waals surface area (Å²) in [5.74, 6) is 1.43. The maximum Gasteiger partial charge on any atom is 0.328 e. The van der Waals surface area contributed by atoms with Gasteiger partial charge in [-0.1, -0.05) is 63.2 Å². The molecule has 0 saturated heterocycles. The summed E-state index contributed by atoms with van der Waals surface area (Å²) in [7, 11) is -4.02. The van der Waals surface area contributed by atoms with Crippen LogP contribution in [0.4, 0.5) is 4.79 Å². The molecule has 0 fully saturated rings. The standard InChI is InChI=1S/C25H32N4O3S2/c1-5-15-26-25(30)28-34(31,32)22-10-8-7-9-21(22)20-13-11-19(12-14-20)16-29-17-23(33-4)27-24(29)18(3)6-2/h7-14,17-18H,5-6,15-16H2,1-4H3,(H2,26,28,30). The summed E-state index contributed by atoms with van der Waals surface area (Å²) in [5, 5.41) is 3.53. The van der Waals surface area contributed by atoms with Crippen molar-refractivity contribution in [2.45, 2.75) is 56.0 Å². The van der Waals surface area contributed by atoms with E-state index < -0.39 is 16.1 Å². The van der Waals surface area contributed by atoms with Crippen LogP contribution in [0, 0.1) is 0 Å². The van der Waals surface area contributed by atoms with Gasteiger partial charge in [-0.2, -0.15) is 0 Å². The van der Waals surface area contributed by atoms with Crippen LogP contribution in [0.25, 0.3) is 11.1 Å². The molecule has 0 aliphatic rings. The number of imidazole rings is 1. The van der Waals surface area contributed by atoms with E-state index in [0.717, 1.165) is 28.4 Å². The third-order valence-corrected chi connectivity index (χ3v) is 7.61. The lowest BCUT2D eigenvalue weighted by Gasteiger charge is -2.14. The number of carbonyl (C=O) groups is 1. The molecule has 7 nitrogen and oxygen atoms in total. The molecular weight excluding hydrogens is 468 g/mol. The Bertz CT molecular complexity index is 1220. The minimum atomic E-state index is -4.02. The van der Waals surface area contributed by atoms with Crippen LogP contribution in [-0.4, -0.2) is 36.8 Å². The van der Waals surface area contributed by atoms with Crippen molar-refractivity contribution in [2.75, 3.05) is 12.8 Å². The van der Waals surface area contributed by atoms with Gasteiger partial charge in [0.25, 0.3) is 10.0 Å². The summed E-state index contributed by atoms with van der Waals surface area (Å²) in [6.45, 7) is 7.32. The van der Waals surface area contributed by atoms with Gasteiger partial charge in [0.1, 0.15) is 10.9 Å². The number of amides is 2. The number of nitrogens with zero attached hydrogens (tertiary/aromatic N) is 2. The highest BCUT2D eigenvalue weighted by Crippen LogP contribution is 2.28. The summed E-state index contributed by atoms with van der Waals surface area (Å²) in [4.78, 5) is 16.8. The maximum absolute atomic E-state index is 12.9. The Balaban J connectivity index is 1.85. The smallest absolute Gasteiger partial charge is 0.328 e. The fourth-order valence-corrected chi connectivity index (χ4v) is 5.16. The molecule has 1 unspecified atom stereocenters. The first-order valence-corrected chi connectivity index (χ1v) is 14.1. The van der Waals surface area contributed by atoms with Crippen molar-refractivity contribution in [3.05, 3.63) is 66.1 Å². The predicted molar refractivity (Wildman–Crippen MR) is 138 cm³/mol. The van der Waals surface area contributed by atoms with Crippen molar-refractivity contribution < 1.29 is 13.2 Å². The molecule has 34 heavy (non-hydrogen) atoms. The van der Waals surface area contributed by atoms with Crippen molar-refractivity contribution in [3.63, 3.8) is 0 Å². The van der Waals surface area contributed by atoms with Gasteiger partial charge in [0, 0.05) is 30.8 Å². The molecule has 1 aromatic heterocycles. The van der Waals surface area contributed by atoms with E-state index in [4.69, 9.17) is 4.98 Å². The van der Waals surface area contributed by atoms with Crippen LogP contribution in [0.2, 0.25) is 0 Å². The molecule has 0 spiro atoms. The highest BCUT2D eigenvalue weighted by molar-refractivity contribution is 7.98. The highest BCUT2D eigenvalue weighted by Gasteiger charge is 2.21. The molecule has 2 amide bonds. The fraction of sp³-hybridized carbons (Fsp3) is 0.360. The van der Waals surface area contributed by atoms with Crippen molar-refractivity contribution >= 4 is 27.8 Å². The summed E-state index contributed by atoms with van der Waals surface area (Å²) >= 11 is 1.63. The average molecular weight is 501 g/mol. The van der Waals surface area contributed by atoms with E-state index in [1.54, 1.807) is 30.0 Å². The van der Waals surface area contributed by atoms with Crippen molar-refractivity contribution in [2.24, 2.45) is 0 Å². The average Bonchev–Trinajstić information content (AvgIpc) is 3.25. The molecule has 2 aromatic carbocycles. The number of carbonyl (C=O) groups excluding carboxylic acids is 1. The second-order valence-corrected chi connectivity index (χ2v) is 10.6. The Morgan fingerprint density at radius 2 is 1.82 bits per heavy atom. The minimum Gasteiger partial charge on any atom is -0.337 e. The van der Waals surface area contributed by atoms with Crippen LogP contribution < -0.4 is 10.0 Å². The number of rotatable bonds is 10. The minimum absolute atomic E-state index is 0.0627. The van der Waals surface area contributed by atoms with Gasteiger partial charge < -0.3 is 9.88 Å². The molecule has 2 N–H and O–H groups in total. The van der Waals surface area contributed by atoms with E-state index in [2.05, 4.69) is 34.7 Å². The fourth-order valence-electron chi connectivity index (χ4n) is 3.58. The van der Waals surface area contributed by atoms with Crippen LogP contribution in [0.15, 0.2) is 64.6 Å². The first kappa shape index (κ1) is 25.8. The Morgan fingerprint density at radius 1 is 1.12 bits per heavy atom. The number of aromatic nitrogens is 2. The molecule has 0 bridgehead atoms. The second kappa shape index (κ2) is 11.6. The molecule has 3 rings (SSSR count). The van der Waals surface area contributed by atoms with Crippen LogP contribution in [-0.2, 0) is 16.6 Å². The number of thioether (sulfide) groups is 1. The van der Waals surface area contributed by atoms with Crippen LogP contribution in [0.5, 0.6) is 0 Å². The first-order chi connectivity index (χ1) is 16.3. The van der Waals surface area contributed by atoms with E-state index in [-0.39, 0.29) is 4.90 Å². The molecule has 0 radical (unpaired) electrons. The number of benzene rings is 2. The summed E-state index contributed by atoms with van der Waals surface area (Å²) < 4.78 is 30.1. The van der Waals surface area contributed by atoms with E-state index in [0.29, 0.717) is 31.0 Å². The topological polar surface area (TPSA) is 93.1 Å². The number of hydrogen-bond donors (Lipinski definition) is 2. The van der Waals surface area contributed by atoms with E-state index in [1.165, 1.54) is 6.07 Å². The Kier molecular flexibility index (Phi) is 8.79. The third-order valence-electron chi connectivity index (χ3n) is 5.60. The van der Waals surface area contributed by atoms with Gasteiger partial charge in [-0.05, 0) is 36.3 Å². The monoisotopic (exact) mass is 500 g/mol. The number of nitrogens with one attached hydrogen (secondary N) is 2. The number of hydrogen-bond acceptors (Lipinski definition) is 5. The molecule has 9 heteroatoms. The molecule has 0 aliphatic heterocycles. The normalized spacial score (nSPS) is 12.4. The van der Waals surface area contributed by atoms with E-state index >= 15 is 0 Å². The number of sulfonamides is 1. The van der Waals surface area contributed by atoms with Crippen LogP contribution >= 0.6 is 11.8 Å². The highest BCUT2D eigenvalue weighted by atomic mass is 32.2. The van der Waals surface area contributed by atoms with Gasteiger partial charge in [0.15, 0.2) is 0 Å². The molecule has 1 atom stereocenters. The molecule has 182 valence electrons. The van der Waals surface area contributed by atoms with E-state index in [9.17, 15) is 13.2 Å². The van der Waals surface area contributed by atoms with Crippen molar-refractivity contribution in [1.29, 1.82) is 0 Å². The Labute approximate surface area is 206 Å². The van der Waals surface area contributed by atoms with Gasteiger partial charge in [-0.15, -0.1) is 11.8 Å². The van der Waals surface area contributed by atoms with Crippen molar-refractivity contribution in [1.82, 2.24) is 19.6 Å². The van der Waals surface area contributed by atoms with Gasteiger partial charge >= 0.3 is 6.03 Å². The Hall–Kier alpha value is -2.78. The first-order valence-electron chi connectivity index (χ1n) is 11.4. The van der Waals surface area contributed by atoms with Crippen LogP contribution in [0.1, 0.15) is 50.9 Å². The van der Waals surface area contributed by atoms with Gasteiger partial charge in [-0.3, -0.25) is 0 Å². The Morgan fingerprint density at radius 3 is 2.47 bits per heavy atom. The zero-order valence-electron chi connectivity index (χ0n) is 20.0. The second-order valence-electron chi connectivity index (χ2n) is 8.13. The molecule has 0 saturated carbocycles. The molecular formula is C25H32N4O3S2. The largest absolute Gasteiger partial charge is 0.337 e. The SMILES string of the molecule is CCCNC(=O)NS(=O)(=O)c1ccccc1-c1ccc(Cn2cc(SC)nc2C(C)CC)cc1. The predicted octanol–water partition coefficient (Wildman–Crippen LogP) is 5.23. The third kappa shape index (κ3) is 6.21.